The SMILES string of the molecule is Nc1ccc(C(=O)Nc2cc(NC(=O)C3C(c4ccc(F)c(C(F)(F)F)c4)C3(Cl)Cl)ccc2Cl)c(F)c1. The van der Waals surface area contributed by atoms with Crippen LogP contribution in [0.4, 0.5) is 39.0 Å². The van der Waals surface area contributed by atoms with E-state index in [0.717, 1.165) is 12.1 Å². The van der Waals surface area contributed by atoms with Crippen molar-refractivity contribution < 1.29 is 31.5 Å². The van der Waals surface area contributed by atoms with Gasteiger partial charge >= 0.3 is 6.18 Å². The van der Waals surface area contributed by atoms with Crippen LogP contribution in [0.3, 0.4) is 0 Å². The average molecular weight is 579 g/mol. The molecule has 0 radical (unpaired) electrons. The minimum atomic E-state index is -4.95. The predicted molar refractivity (Wildman–Crippen MR) is 131 cm³/mol. The van der Waals surface area contributed by atoms with Gasteiger partial charge in [0.1, 0.15) is 16.0 Å². The Morgan fingerprint density at radius 3 is 2.27 bits per heavy atom. The zero-order valence-electron chi connectivity index (χ0n) is 18.3. The number of rotatable bonds is 5. The Kier molecular flexibility index (Phi) is 7.04. The number of nitrogen functional groups attached to an aromatic ring is 1. The summed E-state index contributed by atoms with van der Waals surface area (Å²) in [5.74, 6) is -6.10. The maximum atomic E-state index is 14.1. The van der Waals surface area contributed by atoms with Crippen molar-refractivity contribution in [3.8, 4) is 0 Å². The second-order valence-electron chi connectivity index (χ2n) is 8.24. The first-order valence-electron chi connectivity index (χ1n) is 10.4. The van der Waals surface area contributed by atoms with Crippen LogP contribution in [0.25, 0.3) is 0 Å². The van der Waals surface area contributed by atoms with Gasteiger partial charge < -0.3 is 16.4 Å². The highest BCUT2D eigenvalue weighted by atomic mass is 35.5. The van der Waals surface area contributed by atoms with Crippen molar-refractivity contribution in [2.75, 3.05) is 16.4 Å². The zero-order chi connectivity index (χ0) is 27.3. The summed E-state index contributed by atoms with van der Waals surface area (Å²) in [4.78, 5) is 25.4. The lowest BCUT2D eigenvalue weighted by Crippen LogP contribution is -2.18. The fourth-order valence-electron chi connectivity index (χ4n) is 3.85. The molecule has 0 aromatic heterocycles. The molecule has 0 saturated heterocycles. The van der Waals surface area contributed by atoms with Gasteiger partial charge in [-0.05, 0) is 54.1 Å². The number of alkyl halides is 5. The standard InChI is InChI=1S/C24H15Cl3F5N3O2/c25-15-5-3-12(9-18(15)35-21(36)13-4-2-11(33)8-17(13)29)34-22(37)20-19(23(20,26)27)10-1-6-16(28)14(7-10)24(30,31)32/h1-9,19-20H,33H2,(H,34,37)(H,35,36). The summed E-state index contributed by atoms with van der Waals surface area (Å²) in [6, 6.07) is 9.80. The van der Waals surface area contributed by atoms with Crippen LogP contribution in [-0.4, -0.2) is 16.1 Å². The number of benzene rings is 3. The summed E-state index contributed by atoms with van der Waals surface area (Å²) >= 11 is 18.5. The van der Waals surface area contributed by atoms with Crippen LogP contribution in [-0.2, 0) is 11.0 Å². The van der Waals surface area contributed by atoms with Crippen LogP contribution in [0.2, 0.25) is 5.02 Å². The van der Waals surface area contributed by atoms with E-state index in [4.69, 9.17) is 40.5 Å². The van der Waals surface area contributed by atoms with Gasteiger partial charge in [-0.3, -0.25) is 9.59 Å². The quantitative estimate of drug-likeness (QED) is 0.173. The maximum absolute atomic E-state index is 14.1. The van der Waals surface area contributed by atoms with Crippen LogP contribution in [0.15, 0.2) is 54.6 Å². The van der Waals surface area contributed by atoms with Crippen molar-refractivity contribution in [2.24, 2.45) is 5.92 Å². The molecule has 194 valence electrons. The van der Waals surface area contributed by atoms with Gasteiger partial charge in [0.15, 0.2) is 0 Å². The smallest absolute Gasteiger partial charge is 0.399 e. The number of nitrogens with two attached hydrogens (primary N) is 1. The van der Waals surface area contributed by atoms with Gasteiger partial charge in [0, 0.05) is 17.3 Å². The Morgan fingerprint density at radius 1 is 0.919 bits per heavy atom. The van der Waals surface area contributed by atoms with Crippen molar-refractivity contribution in [2.45, 2.75) is 16.4 Å². The van der Waals surface area contributed by atoms with E-state index < -0.39 is 51.4 Å². The topological polar surface area (TPSA) is 84.2 Å². The normalized spacial score (nSPS) is 18.3. The van der Waals surface area contributed by atoms with Gasteiger partial charge in [-0.25, -0.2) is 8.78 Å². The number of hydrogen-bond acceptors (Lipinski definition) is 3. The molecule has 4 N–H and O–H groups in total. The summed E-state index contributed by atoms with van der Waals surface area (Å²) in [5, 5.41) is 5.01. The molecule has 0 aliphatic heterocycles. The summed E-state index contributed by atoms with van der Waals surface area (Å²) < 4.78 is 65.3. The van der Waals surface area contributed by atoms with Gasteiger partial charge in [0.05, 0.1) is 27.8 Å². The van der Waals surface area contributed by atoms with E-state index in [2.05, 4.69) is 10.6 Å². The number of amides is 2. The first-order valence-corrected chi connectivity index (χ1v) is 11.5. The molecule has 13 heteroatoms. The van der Waals surface area contributed by atoms with E-state index in [1.165, 1.54) is 30.3 Å². The molecule has 3 aromatic carbocycles. The summed E-state index contributed by atoms with van der Waals surface area (Å²) in [5.41, 5.74) is 3.90. The lowest BCUT2D eigenvalue weighted by atomic mass is 10.0. The van der Waals surface area contributed by atoms with Crippen molar-refractivity contribution in [3.63, 3.8) is 0 Å². The van der Waals surface area contributed by atoms with Crippen LogP contribution in [0.1, 0.15) is 27.4 Å². The number of carbonyl (C=O) groups excluding carboxylic acids is 2. The van der Waals surface area contributed by atoms with Gasteiger partial charge in [0.25, 0.3) is 5.91 Å². The van der Waals surface area contributed by atoms with Crippen LogP contribution < -0.4 is 16.4 Å². The molecule has 0 bridgehead atoms. The molecular weight excluding hydrogens is 564 g/mol. The number of halogens is 8. The molecule has 3 aromatic rings. The summed E-state index contributed by atoms with van der Waals surface area (Å²) in [7, 11) is 0. The first-order chi connectivity index (χ1) is 17.2. The number of carbonyl (C=O) groups is 2. The molecule has 2 unspecified atom stereocenters. The highest BCUT2D eigenvalue weighted by molar-refractivity contribution is 6.53. The molecule has 1 fully saturated rings. The maximum Gasteiger partial charge on any atom is 0.419 e. The number of hydrogen-bond donors (Lipinski definition) is 3. The number of nitrogens with one attached hydrogen (secondary N) is 2. The zero-order valence-corrected chi connectivity index (χ0v) is 20.5. The van der Waals surface area contributed by atoms with Crippen LogP contribution >= 0.6 is 34.8 Å². The fraction of sp³-hybridized carbons (Fsp3) is 0.167. The second-order valence-corrected chi connectivity index (χ2v) is 10.1. The Morgan fingerprint density at radius 2 is 1.62 bits per heavy atom. The van der Waals surface area contributed by atoms with Crippen molar-refractivity contribution in [1.82, 2.24) is 0 Å². The summed E-state index contributed by atoms with van der Waals surface area (Å²) in [6.45, 7) is 0. The Labute approximate surface area is 221 Å². The monoisotopic (exact) mass is 577 g/mol. The van der Waals surface area contributed by atoms with Crippen molar-refractivity contribution >= 4 is 63.7 Å². The molecule has 2 atom stereocenters. The van der Waals surface area contributed by atoms with Crippen molar-refractivity contribution in [1.29, 1.82) is 0 Å². The van der Waals surface area contributed by atoms with Gasteiger partial charge in [-0.15, -0.1) is 23.2 Å². The molecule has 4 rings (SSSR count). The minimum absolute atomic E-state index is 0.0319. The van der Waals surface area contributed by atoms with E-state index in [-0.39, 0.29) is 33.2 Å². The third kappa shape index (κ3) is 5.46. The van der Waals surface area contributed by atoms with Gasteiger partial charge in [-0.1, -0.05) is 17.7 Å². The van der Waals surface area contributed by atoms with Crippen molar-refractivity contribution in [3.05, 3.63) is 87.9 Å². The largest absolute Gasteiger partial charge is 0.419 e. The molecule has 1 aliphatic rings. The summed E-state index contributed by atoms with van der Waals surface area (Å²) in [6.07, 6.45) is -4.95. The molecule has 37 heavy (non-hydrogen) atoms. The number of anilines is 3. The molecule has 5 nitrogen and oxygen atoms in total. The predicted octanol–water partition coefficient (Wildman–Crippen LogP) is 7.00. The van der Waals surface area contributed by atoms with E-state index in [1.54, 1.807) is 0 Å². The van der Waals surface area contributed by atoms with E-state index in [0.29, 0.717) is 12.1 Å². The van der Waals surface area contributed by atoms with Crippen LogP contribution in [0.5, 0.6) is 0 Å². The molecule has 1 aliphatic carbocycles. The van der Waals surface area contributed by atoms with Gasteiger partial charge in [0.2, 0.25) is 5.91 Å². The average Bonchev–Trinajstić information content (AvgIpc) is 3.37. The van der Waals surface area contributed by atoms with E-state index in [9.17, 15) is 31.5 Å². The Hall–Kier alpha value is -3.08. The second kappa shape index (κ2) is 9.66. The van der Waals surface area contributed by atoms with Crippen LogP contribution in [0, 0.1) is 17.6 Å². The molecule has 0 heterocycles. The lowest BCUT2D eigenvalue weighted by Gasteiger charge is -2.12. The first kappa shape index (κ1) is 27.0. The van der Waals surface area contributed by atoms with E-state index in [1.807, 2.05) is 0 Å². The Balaban J connectivity index is 1.52. The highest BCUT2D eigenvalue weighted by Gasteiger charge is 2.67. The fourth-order valence-corrected chi connectivity index (χ4v) is 4.84. The lowest BCUT2D eigenvalue weighted by molar-refractivity contribution is -0.140. The molecule has 2 amide bonds. The van der Waals surface area contributed by atoms with E-state index >= 15 is 0 Å². The highest BCUT2D eigenvalue weighted by Crippen LogP contribution is 2.65. The third-order valence-electron chi connectivity index (χ3n) is 5.71. The van der Waals surface area contributed by atoms with Gasteiger partial charge in [-0.2, -0.15) is 13.2 Å². The minimum Gasteiger partial charge on any atom is -0.399 e. The Bertz CT molecular complexity index is 1410. The molecular formula is C24H15Cl3F5N3O2. The molecule has 1 saturated carbocycles. The molecule has 0 spiro atoms. The third-order valence-corrected chi connectivity index (χ3v) is 6.98.